The number of hydrogen-bond acceptors (Lipinski definition) is 5. The topological polar surface area (TPSA) is 67.2 Å². The Morgan fingerprint density at radius 1 is 0.971 bits per heavy atom. The van der Waals surface area contributed by atoms with Crippen LogP contribution in [0.2, 0.25) is 0 Å². The van der Waals surface area contributed by atoms with E-state index in [1.54, 1.807) is 35.0 Å². The van der Waals surface area contributed by atoms with Crippen LogP contribution < -0.4 is 9.03 Å². The van der Waals surface area contributed by atoms with Crippen LogP contribution in [0.4, 0.5) is 10.1 Å². The van der Waals surface area contributed by atoms with E-state index in [1.807, 2.05) is 42.5 Å². The Balaban J connectivity index is 1.35. The van der Waals surface area contributed by atoms with Gasteiger partial charge in [0.2, 0.25) is 10.0 Å². The number of fused-ring (bicyclic) bond motifs is 1. The summed E-state index contributed by atoms with van der Waals surface area (Å²) in [6, 6.07) is 22.0. The molecule has 4 aromatic rings. The number of nitrogens with one attached hydrogen (secondary N) is 1. The zero-order valence-electron chi connectivity index (χ0n) is 18.2. The molecule has 174 valence electrons. The van der Waals surface area contributed by atoms with Crippen LogP contribution in [0.3, 0.4) is 0 Å². The minimum Gasteiger partial charge on any atom is -0.307 e. The van der Waals surface area contributed by atoms with Gasteiger partial charge in [-0.2, -0.15) is 5.10 Å². The number of hydrogen-bond donors (Lipinski definition) is 1. The Labute approximate surface area is 202 Å². The van der Waals surface area contributed by atoms with Crippen molar-refractivity contribution in [3.05, 3.63) is 90.4 Å². The lowest BCUT2D eigenvalue weighted by Gasteiger charge is -2.29. The van der Waals surface area contributed by atoms with Gasteiger partial charge in [0, 0.05) is 16.8 Å². The van der Waals surface area contributed by atoms with Crippen molar-refractivity contribution in [1.82, 2.24) is 14.5 Å². The Morgan fingerprint density at radius 3 is 2.44 bits per heavy atom. The van der Waals surface area contributed by atoms with Crippen molar-refractivity contribution in [2.45, 2.75) is 30.2 Å². The molecule has 2 heterocycles. The molecular weight excluding hydrogens is 471 g/mol. The van der Waals surface area contributed by atoms with Crippen molar-refractivity contribution < 1.29 is 12.8 Å². The molecule has 1 aliphatic heterocycles. The van der Waals surface area contributed by atoms with E-state index in [0.717, 1.165) is 40.7 Å². The molecule has 3 aromatic carbocycles. The molecule has 2 atom stereocenters. The minimum atomic E-state index is -3.31. The van der Waals surface area contributed by atoms with E-state index in [-0.39, 0.29) is 23.2 Å². The molecule has 0 bridgehead atoms. The van der Waals surface area contributed by atoms with E-state index < -0.39 is 10.0 Å². The second-order valence-corrected chi connectivity index (χ2v) is 11.7. The zero-order valence-corrected chi connectivity index (χ0v) is 19.8. The highest BCUT2D eigenvalue weighted by atomic mass is 32.2. The average Bonchev–Trinajstić information content (AvgIpc) is 3.52. The molecule has 0 unspecified atom stereocenters. The van der Waals surface area contributed by atoms with Crippen molar-refractivity contribution in [3.8, 4) is 5.69 Å². The third-order valence-electron chi connectivity index (χ3n) is 6.32. The third-order valence-corrected chi connectivity index (χ3v) is 9.53. The summed E-state index contributed by atoms with van der Waals surface area (Å²) < 4.78 is 45.8. The normalized spacial score (nSPS) is 20.8. The molecule has 2 aliphatic rings. The molecule has 9 heteroatoms. The molecule has 1 aliphatic carbocycles. The lowest BCUT2D eigenvalue weighted by Crippen LogP contribution is -2.42. The Morgan fingerprint density at radius 2 is 1.71 bits per heavy atom. The number of rotatable bonds is 6. The van der Waals surface area contributed by atoms with E-state index >= 15 is 0 Å². The van der Waals surface area contributed by atoms with Crippen molar-refractivity contribution in [2.75, 3.05) is 10.1 Å². The molecule has 0 spiro atoms. The first kappa shape index (κ1) is 21.6. The Bertz CT molecular complexity index is 1440. The zero-order chi connectivity index (χ0) is 23.3. The minimum absolute atomic E-state index is 0.135. The molecule has 6 nitrogen and oxygen atoms in total. The highest BCUT2D eigenvalue weighted by Crippen LogP contribution is 2.44. The van der Waals surface area contributed by atoms with Crippen molar-refractivity contribution in [3.63, 3.8) is 0 Å². The number of aromatic nitrogens is 2. The standard InChI is InChI=1S/C25H23FN4O2S2/c26-19-6-8-20(9-7-19)29-24-13-10-21(14-18(24)15-27-29)30-25(17-4-2-1-3-5-17)23(16-33-30)28-34(31,32)22-11-12-22/h1-10,13-15,22-23,25,28H,11-12,16H2/t23-,25+/m0/s1. The van der Waals surface area contributed by atoms with Crippen molar-refractivity contribution in [2.24, 2.45) is 0 Å². The number of anilines is 1. The molecule has 0 radical (unpaired) electrons. The Kier molecular flexibility index (Phi) is 5.35. The fourth-order valence-electron chi connectivity index (χ4n) is 4.48. The van der Waals surface area contributed by atoms with Gasteiger partial charge in [-0.1, -0.05) is 30.3 Å². The maximum Gasteiger partial charge on any atom is 0.214 e. The molecule has 1 saturated carbocycles. The van der Waals surface area contributed by atoms with Gasteiger partial charge in [-0.25, -0.2) is 22.2 Å². The number of nitrogens with zero attached hydrogens (tertiary/aromatic N) is 3. The van der Waals surface area contributed by atoms with Crippen LogP contribution in [-0.4, -0.2) is 35.2 Å². The molecule has 2 fully saturated rings. The molecule has 34 heavy (non-hydrogen) atoms. The van der Waals surface area contributed by atoms with E-state index in [1.165, 1.54) is 12.1 Å². The Hall–Kier alpha value is -2.88. The van der Waals surface area contributed by atoms with Gasteiger partial charge in [-0.3, -0.25) is 0 Å². The van der Waals surface area contributed by atoms with E-state index in [2.05, 4.69) is 20.2 Å². The van der Waals surface area contributed by atoms with Crippen LogP contribution >= 0.6 is 11.9 Å². The first-order valence-electron chi connectivity index (χ1n) is 11.2. The second-order valence-electron chi connectivity index (χ2n) is 8.72. The molecular formula is C25H23FN4O2S2. The van der Waals surface area contributed by atoms with Crippen LogP contribution in [0, 0.1) is 5.82 Å². The summed E-state index contributed by atoms with van der Waals surface area (Å²) in [5.41, 5.74) is 3.76. The molecule has 1 saturated heterocycles. The molecule has 1 aromatic heterocycles. The third kappa shape index (κ3) is 3.97. The summed E-state index contributed by atoms with van der Waals surface area (Å²) >= 11 is 1.63. The number of benzene rings is 3. The number of halogens is 1. The van der Waals surface area contributed by atoms with Crippen molar-refractivity contribution in [1.29, 1.82) is 0 Å². The predicted molar refractivity (Wildman–Crippen MR) is 134 cm³/mol. The smallest absolute Gasteiger partial charge is 0.214 e. The maximum atomic E-state index is 13.3. The van der Waals surface area contributed by atoms with Crippen molar-refractivity contribution >= 4 is 38.6 Å². The SMILES string of the molecule is O=S(=O)(N[C@H]1CSN(c2ccc3c(cnn3-c3ccc(F)cc3)c2)[C@@H]1c1ccccc1)C1CC1. The van der Waals surface area contributed by atoms with Gasteiger partial charge in [0.15, 0.2) is 0 Å². The summed E-state index contributed by atoms with van der Waals surface area (Å²) in [6.07, 6.45) is 3.28. The maximum absolute atomic E-state index is 13.3. The summed E-state index contributed by atoms with van der Waals surface area (Å²) in [6.45, 7) is 0. The lowest BCUT2D eigenvalue weighted by atomic mass is 10.0. The van der Waals surface area contributed by atoms with Crippen LogP contribution in [0.25, 0.3) is 16.6 Å². The van der Waals surface area contributed by atoms with Gasteiger partial charge < -0.3 is 4.31 Å². The van der Waals surface area contributed by atoms with Gasteiger partial charge >= 0.3 is 0 Å². The largest absolute Gasteiger partial charge is 0.307 e. The average molecular weight is 495 g/mol. The monoisotopic (exact) mass is 494 g/mol. The molecule has 0 amide bonds. The summed E-state index contributed by atoms with van der Waals surface area (Å²) in [5.74, 6) is 0.366. The first-order chi connectivity index (χ1) is 16.5. The van der Waals surface area contributed by atoms with Gasteiger partial charge in [-0.15, -0.1) is 0 Å². The van der Waals surface area contributed by atoms with Gasteiger partial charge in [-0.05, 0) is 72.8 Å². The van der Waals surface area contributed by atoms with Crippen LogP contribution in [-0.2, 0) is 10.0 Å². The summed E-state index contributed by atoms with van der Waals surface area (Å²) in [5, 5.41) is 5.21. The van der Waals surface area contributed by atoms with Crippen LogP contribution in [0.1, 0.15) is 24.4 Å². The lowest BCUT2D eigenvalue weighted by molar-refractivity contribution is 0.535. The highest BCUT2D eigenvalue weighted by Gasteiger charge is 2.43. The molecule has 1 N–H and O–H groups in total. The van der Waals surface area contributed by atoms with Crippen LogP contribution in [0.5, 0.6) is 0 Å². The predicted octanol–water partition coefficient (Wildman–Crippen LogP) is 4.82. The quantitative estimate of drug-likeness (QED) is 0.389. The van der Waals surface area contributed by atoms with E-state index in [0.29, 0.717) is 5.75 Å². The van der Waals surface area contributed by atoms with Crippen LogP contribution in [0.15, 0.2) is 79.0 Å². The summed E-state index contributed by atoms with van der Waals surface area (Å²) in [4.78, 5) is 0. The summed E-state index contributed by atoms with van der Waals surface area (Å²) in [7, 11) is -3.31. The van der Waals surface area contributed by atoms with Gasteiger partial charge in [0.05, 0.1) is 34.7 Å². The fraction of sp³-hybridized carbons (Fsp3) is 0.240. The van der Waals surface area contributed by atoms with E-state index in [4.69, 9.17) is 0 Å². The second kappa shape index (κ2) is 8.41. The van der Waals surface area contributed by atoms with Gasteiger partial charge in [0.1, 0.15) is 5.82 Å². The first-order valence-corrected chi connectivity index (χ1v) is 13.7. The van der Waals surface area contributed by atoms with E-state index in [9.17, 15) is 12.8 Å². The van der Waals surface area contributed by atoms with Gasteiger partial charge in [0.25, 0.3) is 0 Å². The number of sulfonamides is 1. The molecule has 6 rings (SSSR count). The highest BCUT2D eigenvalue weighted by molar-refractivity contribution is 8.01. The fourth-order valence-corrected chi connectivity index (χ4v) is 7.45.